The van der Waals surface area contributed by atoms with Gasteiger partial charge in [-0.15, -0.1) is 0 Å². The fourth-order valence-electron chi connectivity index (χ4n) is 3.92. The van der Waals surface area contributed by atoms with Gasteiger partial charge in [-0.05, 0) is 24.6 Å². The van der Waals surface area contributed by atoms with Gasteiger partial charge in [-0.25, -0.2) is 14.4 Å². The molecule has 2 aliphatic heterocycles. The number of rotatable bonds is 8. The molecule has 0 aliphatic carbocycles. The number of nitrogens with zero attached hydrogens (tertiary/aromatic N) is 1. The Bertz CT molecular complexity index is 1190. The molecule has 2 aromatic carbocycles. The molecular formula is C25H23N3O7. The summed E-state index contributed by atoms with van der Waals surface area (Å²) in [4.78, 5) is 64.3. The van der Waals surface area contributed by atoms with Gasteiger partial charge in [0.05, 0.1) is 35.5 Å². The van der Waals surface area contributed by atoms with Gasteiger partial charge in [0.1, 0.15) is 12.6 Å². The number of imide groups is 1. The molecule has 2 N–H and O–H groups in total. The van der Waals surface area contributed by atoms with E-state index in [1.807, 2.05) is 6.07 Å². The number of carbonyl (C=O) groups is 5. The molecule has 2 aliphatic rings. The van der Waals surface area contributed by atoms with E-state index in [4.69, 9.17) is 9.47 Å². The average molecular weight is 477 g/mol. The van der Waals surface area contributed by atoms with E-state index >= 15 is 0 Å². The van der Waals surface area contributed by atoms with Crippen LogP contribution in [0.15, 0.2) is 65.9 Å². The van der Waals surface area contributed by atoms with Crippen molar-refractivity contribution in [2.24, 2.45) is 0 Å². The molecule has 4 amide bonds. The summed E-state index contributed by atoms with van der Waals surface area (Å²) in [6.07, 6.45) is 0.0306. The lowest BCUT2D eigenvalue weighted by Gasteiger charge is -2.26. The molecule has 0 fully saturated rings. The van der Waals surface area contributed by atoms with Crippen LogP contribution in [0.5, 0.6) is 0 Å². The van der Waals surface area contributed by atoms with E-state index in [0.29, 0.717) is 5.56 Å². The highest BCUT2D eigenvalue weighted by Crippen LogP contribution is 2.26. The minimum atomic E-state index is -1.26. The van der Waals surface area contributed by atoms with Gasteiger partial charge in [0, 0.05) is 6.42 Å². The van der Waals surface area contributed by atoms with Crippen molar-refractivity contribution in [2.45, 2.75) is 19.4 Å². The van der Waals surface area contributed by atoms with Crippen LogP contribution in [0.1, 0.15) is 33.2 Å². The summed E-state index contributed by atoms with van der Waals surface area (Å²) in [6.45, 7) is 1.23. The highest BCUT2D eigenvalue weighted by Gasteiger charge is 2.43. The van der Waals surface area contributed by atoms with Crippen molar-refractivity contribution in [1.29, 1.82) is 0 Å². The summed E-state index contributed by atoms with van der Waals surface area (Å²) < 4.78 is 10.4. The maximum absolute atomic E-state index is 13.3. The Morgan fingerprint density at radius 3 is 2.20 bits per heavy atom. The SMILES string of the molecule is CCOC(=O)C1=C(COC(=O)[C@@H](Cc2ccccc2)N2C(=O)c3ccccc3C2=O)NC(=O)NC1. The van der Waals surface area contributed by atoms with Gasteiger partial charge < -0.3 is 20.1 Å². The van der Waals surface area contributed by atoms with Crippen molar-refractivity contribution in [1.82, 2.24) is 15.5 Å². The van der Waals surface area contributed by atoms with Crippen LogP contribution in [0.2, 0.25) is 0 Å². The molecule has 180 valence electrons. The Labute approximate surface area is 200 Å². The van der Waals surface area contributed by atoms with Crippen molar-refractivity contribution < 1.29 is 33.4 Å². The van der Waals surface area contributed by atoms with Crippen molar-refractivity contribution in [3.63, 3.8) is 0 Å². The highest BCUT2D eigenvalue weighted by atomic mass is 16.5. The van der Waals surface area contributed by atoms with Crippen molar-refractivity contribution in [3.05, 3.63) is 82.6 Å². The molecule has 0 saturated heterocycles. The lowest BCUT2D eigenvalue weighted by Crippen LogP contribution is -2.48. The second-order valence-electron chi connectivity index (χ2n) is 7.82. The van der Waals surface area contributed by atoms with Crippen LogP contribution in [0.3, 0.4) is 0 Å². The highest BCUT2D eigenvalue weighted by molar-refractivity contribution is 6.22. The van der Waals surface area contributed by atoms with Crippen LogP contribution in [-0.4, -0.2) is 60.5 Å². The van der Waals surface area contributed by atoms with Gasteiger partial charge >= 0.3 is 18.0 Å². The second-order valence-corrected chi connectivity index (χ2v) is 7.82. The van der Waals surface area contributed by atoms with Crippen LogP contribution >= 0.6 is 0 Å². The third kappa shape index (κ3) is 4.91. The number of hydrogen-bond donors (Lipinski definition) is 2. The van der Waals surface area contributed by atoms with Gasteiger partial charge in [0.15, 0.2) is 0 Å². The van der Waals surface area contributed by atoms with Crippen LogP contribution in [-0.2, 0) is 25.5 Å². The zero-order valence-electron chi connectivity index (χ0n) is 18.9. The van der Waals surface area contributed by atoms with Crippen LogP contribution in [0.25, 0.3) is 0 Å². The fraction of sp³-hybridized carbons (Fsp3) is 0.240. The Balaban J connectivity index is 1.60. The minimum Gasteiger partial charge on any atom is -0.463 e. The molecule has 0 radical (unpaired) electrons. The van der Waals surface area contributed by atoms with Crippen molar-refractivity contribution in [2.75, 3.05) is 19.8 Å². The molecule has 0 saturated carbocycles. The number of hydrogen-bond acceptors (Lipinski definition) is 7. The van der Waals surface area contributed by atoms with Gasteiger partial charge in [-0.3, -0.25) is 14.5 Å². The topological polar surface area (TPSA) is 131 Å². The summed E-state index contributed by atoms with van der Waals surface area (Å²) in [5.74, 6) is -2.70. The number of urea groups is 1. The van der Waals surface area contributed by atoms with Gasteiger partial charge in [-0.1, -0.05) is 42.5 Å². The Morgan fingerprint density at radius 1 is 0.943 bits per heavy atom. The quantitative estimate of drug-likeness (QED) is 0.436. The van der Waals surface area contributed by atoms with Crippen LogP contribution < -0.4 is 10.6 Å². The molecule has 1 atom stereocenters. The van der Waals surface area contributed by atoms with Crippen molar-refractivity contribution >= 4 is 29.8 Å². The minimum absolute atomic E-state index is 0.0306. The zero-order valence-corrected chi connectivity index (χ0v) is 18.9. The van der Waals surface area contributed by atoms with E-state index < -0.39 is 42.4 Å². The predicted molar refractivity (Wildman–Crippen MR) is 122 cm³/mol. The summed E-state index contributed by atoms with van der Waals surface area (Å²) in [7, 11) is 0. The first-order valence-electron chi connectivity index (χ1n) is 11.0. The standard InChI is InChI=1S/C25H23N3O7/c1-2-34-23(31)18-13-26-25(33)27-19(18)14-35-24(32)20(12-15-8-4-3-5-9-15)28-21(29)16-10-6-7-11-17(16)22(28)30/h3-11,20H,2,12-14H2,1H3,(H2,26,27,33)/t20-/m1/s1. The maximum atomic E-state index is 13.3. The van der Waals surface area contributed by atoms with Gasteiger partial charge in [-0.2, -0.15) is 0 Å². The number of benzene rings is 2. The zero-order chi connectivity index (χ0) is 24.9. The number of nitrogens with one attached hydrogen (secondary N) is 2. The number of fused-ring (bicyclic) bond motifs is 1. The summed E-state index contributed by atoms with van der Waals surface area (Å²) in [6, 6.07) is 13.4. The van der Waals surface area contributed by atoms with E-state index in [1.54, 1.807) is 43.3 Å². The van der Waals surface area contributed by atoms with E-state index in [1.165, 1.54) is 12.1 Å². The number of amides is 4. The number of esters is 2. The molecule has 35 heavy (non-hydrogen) atoms. The van der Waals surface area contributed by atoms with E-state index in [2.05, 4.69) is 10.6 Å². The first-order chi connectivity index (χ1) is 16.9. The van der Waals surface area contributed by atoms with E-state index in [-0.39, 0.29) is 42.0 Å². The molecule has 10 heteroatoms. The first-order valence-corrected chi connectivity index (χ1v) is 11.0. The molecule has 0 spiro atoms. The molecule has 2 heterocycles. The molecule has 0 aromatic heterocycles. The molecule has 4 rings (SSSR count). The van der Waals surface area contributed by atoms with Gasteiger partial charge in [0.25, 0.3) is 11.8 Å². The number of ether oxygens (including phenoxy) is 2. The first kappa shape index (κ1) is 23.7. The van der Waals surface area contributed by atoms with E-state index in [9.17, 15) is 24.0 Å². The van der Waals surface area contributed by atoms with Gasteiger partial charge in [0.2, 0.25) is 0 Å². The Morgan fingerprint density at radius 2 is 1.57 bits per heavy atom. The molecule has 0 bridgehead atoms. The maximum Gasteiger partial charge on any atom is 0.337 e. The summed E-state index contributed by atoms with van der Waals surface area (Å²) >= 11 is 0. The summed E-state index contributed by atoms with van der Waals surface area (Å²) in [5, 5.41) is 4.92. The number of carbonyl (C=O) groups excluding carboxylic acids is 5. The normalized spacial score (nSPS) is 15.8. The molecule has 0 unspecified atom stereocenters. The lowest BCUT2D eigenvalue weighted by atomic mass is 10.0. The largest absolute Gasteiger partial charge is 0.463 e. The third-order valence-corrected chi connectivity index (χ3v) is 5.62. The third-order valence-electron chi connectivity index (χ3n) is 5.62. The molecule has 2 aromatic rings. The summed E-state index contributed by atoms with van der Waals surface area (Å²) in [5.41, 5.74) is 1.32. The van der Waals surface area contributed by atoms with E-state index in [0.717, 1.165) is 4.90 Å². The second kappa shape index (κ2) is 10.2. The van der Waals surface area contributed by atoms with Crippen LogP contribution in [0, 0.1) is 0 Å². The predicted octanol–water partition coefficient (Wildman–Crippen LogP) is 1.57. The lowest BCUT2D eigenvalue weighted by molar-refractivity contribution is -0.147. The average Bonchev–Trinajstić information content (AvgIpc) is 3.11. The molecular weight excluding hydrogens is 454 g/mol. The fourth-order valence-corrected chi connectivity index (χ4v) is 3.92. The smallest absolute Gasteiger partial charge is 0.337 e. The van der Waals surface area contributed by atoms with Crippen molar-refractivity contribution in [3.8, 4) is 0 Å². The molecule has 10 nitrogen and oxygen atoms in total. The Hall–Kier alpha value is -4.47. The van der Waals surface area contributed by atoms with Crippen LogP contribution in [0.4, 0.5) is 4.79 Å². The monoisotopic (exact) mass is 477 g/mol. The Kier molecular flexibility index (Phi) is 6.91.